The fraction of sp³-hybridized carbons (Fsp3) is 0.130. The number of nitriles is 1. The zero-order valence-corrected chi connectivity index (χ0v) is 16.8. The summed E-state index contributed by atoms with van der Waals surface area (Å²) in [6.45, 7) is 1.98. The Balaban J connectivity index is 1.94. The summed E-state index contributed by atoms with van der Waals surface area (Å²) in [5.41, 5.74) is -3.50. The molecule has 0 spiro atoms. The molecule has 170 valence electrons. The summed E-state index contributed by atoms with van der Waals surface area (Å²) < 4.78 is 94.9. The average Bonchev–Trinajstić information content (AvgIpc) is 2.71. The molecule has 0 saturated heterocycles. The molecule has 0 bridgehead atoms. The maximum atomic E-state index is 14.5. The summed E-state index contributed by atoms with van der Waals surface area (Å²) >= 11 is 0. The first-order valence-corrected chi connectivity index (χ1v) is 9.38. The van der Waals surface area contributed by atoms with Crippen LogP contribution in [0, 0.1) is 46.2 Å². The van der Waals surface area contributed by atoms with E-state index < -0.39 is 68.9 Å². The molecule has 0 fully saturated rings. The molecule has 0 radical (unpaired) electrons. The van der Waals surface area contributed by atoms with Crippen LogP contribution in [-0.4, -0.2) is 12.6 Å². The minimum atomic E-state index is -1.66. The molecule has 4 nitrogen and oxygen atoms in total. The standard InChI is InChI=1S/C23H13F6NO3/c1-2-3-32-12-6-19(28)21(20(29)7-12)11-4-17(26)22(18(27)5-11)23(31)33-13-8-15(24)14(10-30)16(25)9-13/h4-9H,2-3H2,1H3. The minimum absolute atomic E-state index is 0.112. The van der Waals surface area contributed by atoms with Gasteiger partial charge in [-0.15, -0.1) is 0 Å². The van der Waals surface area contributed by atoms with Gasteiger partial charge in [-0.2, -0.15) is 5.26 Å². The number of rotatable bonds is 6. The lowest BCUT2D eigenvalue weighted by molar-refractivity contribution is 0.0724. The van der Waals surface area contributed by atoms with Crippen LogP contribution >= 0.6 is 0 Å². The summed E-state index contributed by atoms with van der Waals surface area (Å²) in [6, 6.07) is 4.93. The molecule has 0 aliphatic heterocycles. The largest absolute Gasteiger partial charge is 0.493 e. The smallest absolute Gasteiger partial charge is 0.349 e. The predicted molar refractivity (Wildman–Crippen MR) is 104 cm³/mol. The molecule has 0 unspecified atom stereocenters. The lowest BCUT2D eigenvalue weighted by Gasteiger charge is -2.12. The molecule has 3 rings (SSSR count). The van der Waals surface area contributed by atoms with Gasteiger partial charge in [-0.25, -0.2) is 31.1 Å². The number of halogens is 6. The van der Waals surface area contributed by atoms with E-state index in [1.54, 1.807) is 6.92 Å². The summed E-state index contributed by atoms with van der Waals surface area (Å²) in [5.74, 6) is -10.6. The third-order valence-corrected chi connectivity index (χ3v) is 4.36. The van der Waals surface area contributed by atoms with E-state index in [0.717, 1.165) is 12.1 Å². The van der Waals surface area contributed by atoms with Crippen molar-refractivity contribution in [2.24, 2.45) is 0 Å². The molecule has 0 aliphatic carbocycles. The topological polar surface area (TPSA) is 59.3 Å². The number of ether oxygens (including phenoxy) is 2. The fourth-order valence-corrected chi connectivity index (χ4v) is 2.92. The molecule has 0 aliphatic rings. The van der Waals surface area contributed by atoms with E-state index in [1.807, 2.05) is 0 Å². The highest BCUT2D eigenvalue weighted by Crippen LogP contribution is 2.32. The van der Waals surface area contributed by atoms with E-state index in [1.165, 1.54) is 6.07 Å². The van der Waals surface area contributed by atoms with E-state index in [4.69, 9.17) is 10.00 Å². The number of carbonyl (C=O) groups excluding carboxylic acids is 1. The van der Waals surface area contributed by atoms with Crippen LogP contribution in [0.3, 0.4) is 0 Å². The quantitative estimate of drug-likeness (QED) is 0.252. The van der Waals surface area contributed by atoms with Gasteiger partial charge in [0.2, 0.25) is 0 Å². The van der Waals surface area contributed by atoms with Gasteiger partial charge in [0, 0.05) is 24.3 Å². The minimum Gasteiger partial charge on any atom is -0.493 e. The lowest BCUT2D eigenvalue weighted by Crippen LogP contribution is -2.14. The number of esters is 1. The molecule has 0 saturated carbocycles. The van der Waals surface area contributed by atoms with Gasteiger partial charge in [-0.05, 0) is 24.1 Å². The van der Waals surface area contributed by atoms with E-state index in [-0.39, 0.29) is 12.4 Å². The second-order valence-corrected chi connectivity index (χ2v) is 6.69. The van der Waals surface area contributed by atoms with Crippen molar-refractivity contribution in [2.45, 2.75) is 13.3 Å². The van der Waals surface area contributed by atoms with Crippen molar-refractivity contribution in [3.05, 3.63) is 82.4 Å². The molecule has 3 aromatic rings. The Kier molecular flexibility index (Phi) is 6.92. The van der Waals surface area contributed by atoms with Crippen LogP contribution in [0.1, 0.15) is 29.3 Å². The molecule has 3 aromatic carbocycles. The molecule has 0 aromatic heterocycles. The van der Waals surface area contributed by atoms with Crippen LogP contribution in [0.4, 0.5) is 26.3 Å². The SMILES string of the molecule is CCCOc1cc(F)c(-c2cc(F)c(C(=O)Oc3cc(F)c(C#N)c(F)c3)c(F)c2)c(F)c1. The van der Waals surface area contributed by atoms with Gasteiger partial charge in [0.15, 0.2) is 0 Å². The van der Waals surface area contributed by atoms with Gasteiger partial charge in [0.05, 0.1) is 12.2 Å². The molecular weight excluding hydrogens is 452 g/mol. The highest BCUT2D eigenvalue weighted by molar-refractivity contribution is 5.92. The Morgan fingerprint density at radius 1 is 0.818 bits per heavy atom. The molecule has 0 amide bonds. The Morgan fingerprint density at radius 3 is 1.82 bits per heavy atom. The van der Waals surface area contributed by atoms with Crippen LogP contribution in [0.15, 0.2) is 36.4 Å². The van der Waals surface area contributed by atoms with Crippen LogP contribution in [0.25, 0.3) is 11.1 Å². The van der Waals surface area contributed by atoms with Gasteiger partial charge in [-0.3, -0.25) is 0 Å². The maximum absolute atomic E-state index is 14.5. The molecule has 0 heterocycles. The number of benzene rings is 3. The average molecular weight is 465 g/mol. The van der Waals surface area contributed by atoms with Gasteiger partial charge < -0.3 is 9.47 Å². The molecule has 10 heteroatoms. The molecule has 0 N–H and O–H groups in total. The van der Waals surface area contributed by atoms with Crippen LogP contribution in [-0.2, 0) is 0 Å². The highest BCUT2D eigenvalue weighted by atomic mass is 19.2. The van der Waals surface area contributed by atoms with Crippen LogP contribution < -0.4 is 9.47 Å². The maximum Gasteiger partial charge on any atom is 0.349 e. The van der Waals surface area contributed by atoms with Crippen molar-refractivity contribution in [1.82, 2.24) is 0 Å². The zero-order valence-electron chi connectivity index (χ0n) is 16.8. The number of hydrogen-bond donors (Lipinski definition) is 0. The summed E-state index contributed by atoms with van der Waals surface area (Å²) in [7, 11) is 0. The predicted octanol–water partition coefficient (Wildman–Crippen LogP) is 6.07. The van der Waals surface area contributed by atoms with Crippen LogP contribution in [0.2, 0.25) is 0 Å². The van der Waals surface area contributed by atoms with Gasteiger partial charge >= 0.3 is 5.97 Å². The Labute approximate surface area is 183 Å². The van der Waals surface area contributed by atoms with Gasteiger partial charge in [-0.1, -0.05) is 6.92 Å². The second kappa shape index (κ2) is 9.65. The highest BCUT2D eigenvalue weighted by Gasteiger charge is 2.24. The normalized spacial score (nSPS) is 10.6. The molecular formula is C23H13F6NO3. The monoisotopic (exact) mass is 465 g/mol. The Hall–Kier alpha value is -4.00. The van der Waals surface area contributed by atoms with E-state index in [9.17, 15) is 31.1 Å². The first kappa shape index (κ1) is 23.7. The summed E-state index contributed by atoms with van der Waals surface area (Å²) in [6.07, 6.45) is 0.584. The Morgan fingerprint density at radius 2 is 1.33 bits per heavy atom. The first-order valence-electron chi connectivity index (χ1n) is 9.38. The van der Waals surface area contributed by atoms with E-state index in [2.05, 4.69) is 4.74 Å². The third-order valence-electron chi connectivity index (χ3n) is 4.36. The van der Waals surface area contributed by atoms with E-state index >= 15 is 0 Å². The van der Waals surface area contributed by atoms with Gasteiger partial charge in [0.25, 0.3) is 0 Å². The second-order valence-electron chi connectivity index (χ2n) is 6.69. The van der Waals surface area contributed by atoms with Gasteiger partial charge in [0.1, 0.15) is 63.6 Å². The van der Waals surface area contributed by atoms with Crippen molar-refractivity contribution in [3.63, 3.8) is 0 Å². The first-order chi connectivity index (χ1) is 15.7. The fourth-order valence-electron chi connectivity index (χ4n) is 2.92. The van der Waals surface area contributed by atoms with Crippen molar-refractivity contribution in [1.29, 1.82) is 5.26 Å². The summed E-state index contributed by atoms with van der Waals surface area (Å²) in [4.78, 5) is 12.2. The van der Waals surface area contributed by atoms with Crippen molar-refractivity contribution in [2.75, 3.05) is 6.61 Å². The number of carbonyl (C=O) groups is 1. The number of nitrogens with zero attached hydrogens (tertiary/aromatic N) is 1. The van der Waals surface area contributed by atoms with Crippen molar-refractivity contribution < 1.29 is 40.6 Å². The molecule has 33 heavy (non-hydrogen) atoms. The van der Waals surface area contributed by atoms with Crippen LogP contribution in [0.5, 0.6) is 11.5 Å². The Bertz CT molecular complexity index is 1220. The summed E-state index contributed by atoms with van der Waals surface area (Å²) in [5, 5.41) is 8.64. The van der Waals surface area contributed by atoms with Crippen molar-refractivity contribution in [3.8, 4) is 28.7 Å². The molecule has 0 atom stereocenters. The van der Waals surface area contributed by atoms with E-state index in [0.29, 0.717) is 30.7 Å². The number of hydrogen-bond acceptors (Lipinski definition) is 4. The lowest BCUT2D eigenvalue weighted by atomic mass is 10.0. The third kappa shape index (κ3) is 4.92. The van der Waals surface area contributed by atoms with Crippen molar-refractivity contribution >= 4 is 5.97 Å². The zero-order chi connectivity index (χ0) is 24.3.